The first-order valence-corrected chi connectivity index (χ1v) is 6.01. The summed E-state index contributed by atoms with van der Waals surface area (Å²) in [6.07, 6.45) is 8.87. The Morgan fingerprint density at radius 2 is 1.87 bits per heavy atom. The molecule has 0 unspecified atom stereocenters. The van der Waals surface area contributed by atoms with Crippen LogP contribution in [-0.2, 0) is 4.79 Å². The Balaban J connectivity index is 3.55. The van der Waals surface area contributed by atoms with Crippen LogP contribution < -0.4 is 0 Å². The average molecular weight is 212 g/mol. The number of carboxylic acid groups (broad SMARTS) is 1. The van der Waals surface area contributed by atoms with Crippen molar-refractivity contribution in [2.75, 3.05) is 0 Å². The molecular formula is C13H24O2. The number of carbonyl (C=O) groups is 1. The molecule has 0 saturated heterocycles. The molecule has 0 aromatic carbocycles. The zero-order valence-electron chi connectivity index (χ0n) is 10.3. The molecule has 0 radical (unpaired) electrons. The van der Waals surface area contributed by atoms with Crippen molar-refractivity contribution >= 4 is 5.97 Å². The van der Waals surface area contributed by atoms with E-state index in [1.165, 1.54) is 25.7 Å². The molecule has 1 N–H and O–H groups in total. The van der Waals surface area contributed by atoms with E-state index in [-0.39, 0.29) is 0 Å². The molecule has 0 bridgehead atoms. The number of unbranched alkanes of at least 4 members (excludes halogenated alkanes) is 2. The van der Waals surface area contributed by atoms with Gasteiger partial charge >= 0.3 is 5.97 Å². The van der Waals surface area contributed by atoms with Gasteiger partial charge in [0.05, 0.1) is 0 Å². The van der Waals surface area contributed by atoms with E-state index in [1.54, 1.807) is 6.92 Å². The minimum Gasteiger partial charge on any atom is -0.478 e. The summed E-state index contributed by atoms with van der Waals surface area (Å²) in [5.41, 5.74) is 0.470. The summed E-state index contributed by atoms with van der Waals surface area (Å²) < 4.78 is 0. The second kappa shape index (κ2) is 8.51. The Bertz CT molecular complexity index is 203. The molecular weight excluding hydrogens is 188 g/mol. The summed E-state index contributed by atoms with van der Waals surface area (Å²) in [6, 6.07) is 0. The van der Waals surface area contributed by atoms with Gasteiger partial charge in [-0.3, -0.25) is 0 Å². The fourth-order valence-electron chi connectivity index (χ4n) is 1.68. The first-order chi connectivity index (χ1) is 7.11. The maximum absolute atomic E-state index is 10.5. The van der Waals surface area contributed by atoms with Crippen LogP contribution in [0.4, 0.5) is 0 Å². The number of allylic oxidation sites excluding steroid dienone is 1. The largest absolute Gasteiger partial charge is 0.478 e. The second-order valence-corrected chi connectivity index (χ2v) is 4.16. The maximum atomic E-state index is 10.5. The Morgan fingerprint density at radius 1 is 1.27 bits per heavy atom. The Kier molecular flexibility index (Phi) is 8.06. The number of rotatable bonds is 8. The molecule has 0 aliphatic rings. The van der Waals surface area contributed by atoms with Crippen molar-refractivity contribution in [3.05, 3.63) is 11.6 Å². The van der Waals surface area contributed by atoms with E-state index >= 15 is 0 Å². The molecule has 0 saturated carbocycles. The number of hydrogen-bond acceptors (Lipinski definition) is 1. The van der Waals surface area contributed by atoms with Gasteiger partial charge in [-0.05, 0) is 25.7 Å². The zero-order valence-corrected chi connectivity index (χ0v) is 10.3. The Morgan fingerprint density at radius 3 is 2.33 bits per heavy atom. The summed E-state index contributed by atoms with van der Waals surface area (Å²) in [5.74, 6) is 0.0598. The minimum absolute atomic E-state index is 0.470. The molecule has 0 aromatic heterocycles. The van der Waals surface area contributed by atoms with Gasteiger partial charge in [-0.25, -0.2) is 4.79 Å². The predicted octanol–water partition coefficient (Wildman–Crippen LogP) is 4.01. The van der Waals surface area contributed by atoms with Crippen LogP contribution in [0.3, 0.4) is 0 Å². The van der Waals surface area contributed by atoms with Gasteiger partial charge < -0.3 is 5.11 Å². The molecule has 0 rings (SSSR count). The highest BCUT2D eigenvalue weighted by Gasteiger charge is 2.02. The molecule has 0 heterocycles. The van der Waals surface area contributed by atoms with Crippen LogP contribution in [0.1, 0.15) is 59.3 Å². The van der Waals surface area contributed by atoms with Crippen molar-refractivity contribution < 1.29 is 9.90 Å². The van der Waals surface area contributed by atoms with Crippen molar-refractivity contribution in [3.63, 3.8) is 0 Å². The average Bonchev–Trinajstić information content (AvgIpc) is 2.23. The summed E-state index contributed by atoms with van der Waals surface area (Å²) in [6.45, 7) is 6.13. The molecule has 0 amide bonds. The third-order valence-corrected chi connectivity index (χ3v) is 3.01. The standard InChI is InChI=1S/C13H24O2/c1-4-12(5-2)10-8-6-7-9-11(3)13(14)15/h9,12H,4-8,10H2,1-3H3,(H,14,15). The lowest BCUT2D eigenvalue weighted by Gasteiger charge is -2.10. The van der Waals surface area contributed by atoms with Crippen LogP contribution in [-0.4, -0.2) is 11.1 Å². The van der Waals surface area contributed by atoms with Gasteiger partial charge in [-0.1, -0.05) is 45.6 Å². The molecule has 0 fully saturated rings. The van der Waals surface area contributed by atoms with E-state index in [4.69, 9.17) is 5.11 Å². The van der Waals surface area contributed by atoms with Gasteiger partial charge in [-0.2, -0.15) is 0 Å². The van der Waals surface area contributed by atoms with Gasteiger partial charge in [0, 0.05) is 5.57 Å². The zero-order chi connectivity index (χ0) is 11.7. The minimum atomic E-state index is -0.796. The van der Waals surface area contributed by atoms with Gasteiger partial charge in [-0.15, -0.1) is 0 Å². The van der Waals surface area contributed by atoms with Crippen LogP contribution >= 0.6 is 0 Å². The van der Waals surface area contributed by atoms with E-state index in [9.17, 15) is 4.79 Å². The quantitative estimate of drug-likeness (QED) is 0.487. The summed E-state index contributed by atoms with van der Waals surface area (Å²) in [5, 5.41) is 8.63. The van der Waals surface area contributed by atoms with E-state index in [2.05, 4.69) is 13.8 Å². The Hall–Kier alpha value is -0.790. The normalized spacial score (nSPS) is 12.1. The van der Waals surface area contributed by atoms with Crippen molar-refractivity contribution in [2.24, 2.45) is 5.92 Å². The summed E-state index contributed by atoms with van der Waals surface area (Å²) in [4.78, 5) is 10.5. The van der Waals surface area contributed by atoms with Crippen molar-refractivity contribution in [1.82, 2.24) is 0 Å². The van der Waals surface area contributed by atoms with E-state index in [0.717, 1.165) is 18.8 Å². The summed E-state index contributed by atoms with van der Waals surface area (Å²) >= 11 is 0. The highest BCUT2D eigenvalue weighted by Crippen LogP contribution is 2.16. The van der Waals surface area contributed by atoms with E-state index in [0.29, 0.717) is 5.57 Å². The van der Waals surface area contributed by atoms with Crippen molar-refractivity contribution in [1.29, 1.82) is 0 Å². The summed E-state index contributed by atoms with van der Waals surface area (Å²) in [7, 11) is 0. The lowest BCUT2D eigenvalue weighted by atomic mass is 9.96. The second-order valence-electron chi connectivity index (χ2n) is 4.16. The molecule has 0 spiro atoms. The first kappa shape index (κ1) is 14.2. The van der Waals surface area contributed by atoms with Gasteiger partial charge in [0.2, 0.25) is 0 Å². The fraction of sp³-hybridized carbons (Fsp3) is 0.769. The van der Waals surface area contributed by atoms with Gasteiger partial charge in [0.1, 0.15) is 0 Å². The maximum Gasteiger partial charge on any atom is 0.330 e. The van der Waals surface area contributed by atoms with E-state index in [1.807, 2.05) is 6.08 Å². The lowest BCUT2D eigenvalue weighted by Crippen LogP contribution is -1.97. The number of aliphatic carboxylic acids is 1. The molecule has 2 heteroatoms. The van der Waals surface area contributed by atoms with E-state index < -0.39 is 5.97 Å². The van der Waals surface area contributed by atoms with Crippen LogP contribution in [0.25, 0.3) is 0 Å². The van der Waals surface area contributed by atoms with Crippen LogP contribution in [0, 0.1) is 5.92 Å². The topological polar surface area (TPSA) is 37.3 Å². The monoisotopic (exact) mass is 212 g/mol. The molecule has 0 aliphatic heterocycles. The van der Waals surface area contributed by atoms with Crippen LogP contribution in [0.15, 0.2) is 11.6 Å². The third-order valence-electron chi connectivity index (χ3n) is 3.01. The van der Waals surface area contributed by atoms with Crippen LogP contribution in [0.5, 0.6) is 0 Å². The third kappa shape index (κ3) is 7.18. The lowest BCUT2D eigenvalue weighted by molar-refractivity contribution is -0.132. The van der Waals surface area contributed by atoms with Gasteiger partial charge in [0.15, 0.2) is 0 Å². The van der Waals surface area contributed by atoms with Gasteiger partial charge in [0.25, 0.3) is 0 Å². The van der Waals surface area contributed by atoms with Crippen molar-refractivity contribution in [2.45, 2.75) is 59.3 Å². The molecule has 0 aliphatic carbocycles. The molecule has 15 heavy (non-hydrogen) atoms. The fourth-order valence-corrected chi connectivity index (χ4v) is 1.68. The predicted molar refractivity (Wildman–Crippen MR) is 63.9 cm³/mol. The molecule has 0 atom stereocenters. The first-order valence-electron chi connectivity index (χ1n) is 6.01. The number of carboxylic acids is 1. The smallest absolute Gasteiger partial charge is 0.330 e. The van der Waals surface area contributed by atoms with Crippen molar-refractivity contribution in [3.8, 4) is 0 Å². The molecule has 0 aromatic rings. The Labute approximate surface area is 93.4 Å². The SMILES string of the molecule is CCC(CC)CCCCC=C(C)C(=O)O. The number of hydrogen-bond donors (Lipinski definition) is 1. The molecule has 88 valence electrons. The highest BCUT2D eigenvalue weighted by molar-refractivity contribution is 5.85. The molecule has 2 nitrogen and oxygen atoms in total. The highest BCUT2D eigenvalue weighted by atomic mass is 16.4. The van der Waals surface area contributed by atoms with Crippen LogP contribution in [0.2, 0.25) is 0 Å².